The molecule has 1 heteroatoms. The molecule has 0 aliphatic carbocycles. The van der Waals surface area contributed by atoms with Crippen LogP contribution in [0.3, 0.4) is 0 Å². The van der Waals surface area contributed by atoms with E-state index in [9.17, 15) is 0 Å². The maximum absolute atomic E-state index is 3.97. The van der Waals surface area contributed by atoms with Gasteiger partial charge in [-0.15, -0.1) is 0 Å². The van der Waals surface area contributed by atoms with Crippen molar-refractivity contribution in [3.8, 4) is 0 Å². The summed E-state index contributed by atoms with van der Waals surface area (Å²) in [7, 11) is 0. The molecule has 0 saturated carbocycles. The summed E-state index contributed by atoms with van der Waals surface area (Å²) in [4.78, 5) is 2.60. The van der Waals surface area contributed by atoms with Crippen LogP contribution in [0.25, 0.3) is 0 Å². The number of nitrogens with zero attached hydrogens (tertiary/aromatic N) is 1. The molecule has 0 bridgehead atoms. The van der Waals surface area contributed by atoms with Crippen LogP contribution in [0.1, 0.15) is 65.7 Å². The molecule has 16 heavy (non-hydrogen) atoms. The van der Waals surface area contributed by atoms with E-state index in [1.807, 2.05) is 0 Å². The van der Waals surface area contributed by atoms with E-state index in [0.717, 1.165) is 12.3 Å². The Morgan fingerprint density at radius 1 is 0.938 bits per heavy atom. The SMILES string of the molecule is [CH2]CCN(CCCCCCC)CCC(C)C. The maximum Gasteiger partial charge on any atom is -0.00163 e. The minimum Gasteiger partial charge on any atom is -0.303 e. The quantitative estimate of drug-likeness (QED) is 0.468. The molecule has 0 saturated heterocycles. The molecular weight excluding hydrogens is 194 g/mol. The van der Waals surface area contributed by atoms with E-state index in [1.165, 1.54) is 58.2 Å². The second-order valence-electron chi connectivity index (χ2n) is 5.29. The normalized spacial score (nSPS) is 11.6. The summed E-state index contributed by atoms with van der Waals surface area (Å²) in [5, 5.41) is 0. The lowest BCUT2D eigenvalue weighted by Gasteiger charge is -2.22. The van der Waals surface area contributed by atoms with Gasteiger partial charge >= 0.3 is 0 Å². The first-order valence-corrected chi connectivity index (χ1v) is 7.22. The van der Waals surface area contributed by atoms with Crippen LogP contribution >= 0.6 is 0 Å². The Bertz CT molecular complexity index is 131. The highest BCUT2D eigenvalue weighted by Crippen LogP contribution is 2.07. The molecule has 0 amide bonds. The van der Waals surface area contributed by atoms with Gasteiger partial charge < -0.3 is 4.90 Å². The van der Waals surface area contributed by atoms with Crippen LogP contribution < -0.4 is 0 Å². The van der Waals surface area contributed by atoms with Gasteiger partial charge in [-0.3, -0.25) is 0 Å². The molecule has 0 spiro atoms. The standard InChI is InChI=1S/C15H32N/c1-5-7-8-9-10-13-16(12-6-2)14-11-15(3)4/h15H,2,5-14H2,1,3-4H3. The van der Waals surface area contributed by atoms with Crippen molar-refractivity contribution < 1.29 is 0 Å². The fraction of sp³-hybridized carbons (Fsp3) is 0.933. The topological polar surface area (TPSA) is 3.24 Å². The Labute approximate surface area is 104 Å². The van der Waals surface area contributed by atoms with Gasteiger partial charge in [0.1, 0.15) is 0 Å². The van der Waals surface area contributed by atoms with E-state index < -0.39 is 0 Å². The third-order valence-corrected chi connectivity index (χ3v) is 3.07. The molecule has 0 aliphatic rings. The van der Waals surface area contributed by atoms with Crippen molar-refractivity contribution in [3.05, 3.63) is 6.92 Å². The zero-order chi connectivity index (χ0) is 12.2. The summed E-state index contributed by atoms with van der Waals surface area (Å²) in [6.07, 6.45) is 9.32. The van der Waals surface area contributed by atoms with Crippen molar-refractivity contribution in [3.63, 3.8) is 0 Å². The molecule has 0 aliphatic heterocycles. The molecule has 1 radical (unpaired) electrons. The molecule has 0 rings (SSSR count). The molecule has 0 aromatic carbocycles. The zero-order valence-electron chi connectivity index (χ0n) is 11.8. The molecule has 0 atom stereocenters. The largest absolute Gasteiger partial charge is 0.303 e. The third kappa shape index (κ3) is 10.5. The molecule has 0 aromatic rings. The average molecular weight is 226 g/mol. The second kappa shape index (κ2) is 11.4. The van der Waals surface area contributed by atoms with Crippen molar-refractivity contribution in [2.75, 3.05) is 19.6 Å². The molecule has 0 heterocycles. The van der Waals surface area contributed by atoms with Gasteiger partial charge in [0.15, 0.2) is 0 Å². The molecule has 97 valence electrons. The lowest BCUT2D eigenvalue weighted by Crippen LogP contribution is -2.27. The van der Waals surface area contributed by atoms with Gasteiger partial charge in [0.2, 0.25) is 0 Å². The smallest absolute Gasteiger partial charge is 0.00163 e. The minimum absolute atomic E-state index is 0.826. The van der Waals surface area contributed by atoms with Gasteiger partial charge in [-0.1, -0.05) is 53.4 Å². The Kier molecular flexibility index (Phi) is 11.4. The molecule has 0 fully saturated rings. The van der Waals surface area contributed by atoms with E-state index in [4.69, 9.17) is 0 Å². The van der Waals surface area contributed by atoms with Gasteiger partial charge in [0, 0.05) is 0 Å². The molecule has 0 N–H and O–H groups in total. The summed E-state index contributed by atoms with van der Waals surface area (Å²) in [5.41, 5.74) is 0. The molecular formula is C15H32N. The van der Waals surface area contributed by atoms with Crippen LogP contribution in [0, 0.1) is 12.8 Å². The van der Waals surface area contributed by atoms with Crippen molar-refractivity contribution in [2.45, 2.75) is 65.7 Å². The summed E-state index contributed by atoms with van der Waals surface area (Å²) in [6, 6.07) is 0. The molecule has 1 nitrogen and oxygen atoms in total. The number of rotatable bonds is 11. The van der Waals surface area contributed by atoms with Gasteiger partial charge in [0.25, 0.3) is 0 Å². The van der Waals surface area contributed by atoms with Crippen LogP contribution in [-0.2, 0) is 0 Å². The van der Waals surface area contributed by atoms with E-state index in [-0.39, 0.29) is 0 Å². The van der Waals surface area contributed by atoms with Crippen molar-refractivity contribution in [2.24, 2.45) is 5.92 Å². The van der Waals surface area contributed by atoms with Gasteiger partial charge in [-0.05, 0) is 44.8 Å². The predicted octanol–water partition coefficient (Wildman–Crippen LogP) is 4.53. The van der Waals surface area contributed by atoms with Crippen LogP contribution in [0.15, 0.2) is 0 Å². The Morgan fingerprint density at radius 3 is 2.19 bits per heavy atom. The zero-order valence-corrected chi connectivity index (χ0v) is 11.8. The number of hydrogen-bond donors (Lipinski definition) is 0. The summed E-state index contributed by atoms with van der Waals surface area (Å²) in [6.45, 7) is 14.6. The minimum atomic E-state index is 0.826. The Hall–Kier alpha value is -0.0400. The van der Waals surface area contributed by atoms with Gasteiger partial charge in [0.05, 0.1) is 0 Å². The van der Waals surface area contributed by atoms with Gasteiger partial charge in [-0.25, -0.2) is 0 Å². The highest BCUT2D eigenvalue weighted by Gasteiger charge is 2.04. The summed E-state index contributed by atoms with van der Waals surface area (Å²) in [5.74, 6) is 0.826. The van der Waals surface area contributed by atoms with Crippen LogP contribution in [-0.4, -0.2) is 24.5 Å². The monoisotopic (exact) mass is 226 g/mol. The lowest BCUT2D eigenvalue weighted by atomic mass is 10.1. The van der Waals surface area contributed by atoms with Crippen LogP contribution in [0.2, 0.25) is 0 Å². The van der Waals surface area contributed by atoms with Gasteiger partial charge in [-0.2, -0.15) is 0 Å². The Balaban J connectivity index is 3.51. The highest BCUT2D eigenvalue weighted by atomic mass is 15.1. The first-order valence-electron chi connectivity index (χ1n) is 7.22. The van der Waals surface area contributed by atoms with Crippen LogP contribution in [0.4, 0.5) is 0 Å². The molecule has 0 unspecified atom stereocenters. The lowest BCUT2D eigenvalue weighted by molar-refractivity contribution is 0.255. The second-order valence-corrected chi connectivity index (χ2v) is 5.29. The first-order chi connectivity index (χ1) is 7.70. The fourth-order valence-electron chi connectivity index (χ4n) is 1.94. The van der Waals surface area contributed by atoms with E-state index in [0.29, 0.717) is 0 Å². The third-order valence-electron chi connectivity index (χ3n) is 3.07. The van der Waals surface area contributed by atoms with Crippen molar-refractivity contribution in [1.29, 1.82) is 0 Å². The average Bonchev–Trinajstić information content (AvgIpc) is 2.25. The fourth-order valence-corrected chi connectivity index (χ4v) is 1.94. The molecule has 0 aromatic heterocycles. The first kappa shape index (κ1) is 16.0. The maximum atomic E-state index is 3.97. The Morgan fingerprint density at radius 2 is 1.62 bits per heavy atom. The summed E-state index contributed by atoms with van der Waals surface area (Å²) < 4.78 is 0. The van der Waals surface area contributed by atoms with Crippen molar-refractivity contribution in [1.82, 2.24) is 4.90 Å². The van der Waals surface area contributed by atoms with E-state index in [2.05, 4.69) is 32.6 Å². The van der Waals surface area contributed by atoms with E-state index in [1.54, 1.807) is 0 Å². The predicted molar refractivity (Wildman–Crippen MR) is 74.6 cm³/mol. The van der Waals surface area contributed by atoms with Crippen molar-refractivity contribution >= 4 is 0 Å². The summed E-state index contributed by atoms with van der Waals surface area (Å²) >= 11 is 0. The van der Waals surface area contributed by atoms with Crippen LogP contribution in [0.5, 0.6) is 0 Å². The highest BCUT2D eigenvalue weighted by molar-refractivity contribution is 4.60. The number of hydrogen-bond acceptors (Lipinski definition) is 1. The van der Waals surface area contributed by atoms with E-state index >= 15 is 0 Å². The number of unbranched alkanes of at least 4 members (excludes halogenated alkanes) is 4.